The highest BCUT2D eigenvalue weighted by atomic mass is 35.5. The van der Waals surface area contributed by atoms with Crippen LogP contribution < -0.4 is 10.6 Å². The molecule has 3 rings (SSSR count). The van der Waals surface area contributed by atoms with Crippen molar-refractivity contribution in [1.82, 2.24) is 4.90 Å². The smallest absolute Gasteiger partial charge is 0.191 e. The average molecular weight is 395 g/mol. The van der Waals surface area contributed by atoms with Crippen LogP contribution in [0.2, 0.25) is 5.02 Å². The minimum absolute atomic E-state index is 0.648. The van der Waals surface area contributed by atoms with Crippen LogP contribution in [0.1, 0.15) is 19.3 Å². The summed E-state index contributed by atoms with van der Waals surface area (Å²) in [5, 5.41) is 0.769. The number of halogens is 1. The number of guanidine groups is 1. The fourth-order valence-corrected chi connectivity index (χ4v) is 3.59. The molecule has 2 heterocycles. The SMILES string of the molecule is NC(=NCCCOCC1CCOCC1)N1CCN(c2ccc(Cl)cc2)CC1. The minimum Gasteiger partial charge on any atom is -0.381 e. The van der Waals surface area contributed by atoms with Crippen molar-refractivity contribution in [3.8, 4) is 0 Å². The van der Waals surface area contributed by atoms with E-state index in [1.165, 1.54) is 5.69 Å². The number of hydrogen-bond acceptors (Lipinski definition) is 4. The standard InChI is InChI=1S/C20H31ClN4O2/c21-18-2-4-19(5-3-18)24-9-11-25(12-10-24)20(22)23-8-1-13-27-16-17-6-14-26-15-7-17/h2-5,17H,1,6-16H2,(H2,22,23). The van der Waals surface area contributed by atoms with Gasteiger partial charge in [0.25, 0.3) is 0 Å². The van der Waals surface area contributed by atoms with Crippen molar-refractivity contribution in [1.29, 1.82) is 0 Å². The topological polar surface area (TPSA) is 63.3 Å². The van der Waals surface area contributed by atoms with E-state index >= 15 is 0 Å². The molecule has 2 fully saturated rings. The lowest BCUT2D eigenvalue weighted by Crippen LogP contribution is -2.51. The second-order valence-electron chi connectivity index (χ2n) is 7.17. The summed E-state index contributed by atoms with van der Waals surface area (Å²) in [4.78, 5) is 9.04. The number of benzene rings is 1. The fraction of sp³-hybridized carbons (Fsp3) is 0.650. The van der Waals surface area contributed by atoms with Crippen LogP contribution in [0.25, 0.3) is 0 Å². The fourth-order valence-electron chi connectivity index (χ4n) is 3.47. The van der Waals surface area contributed by atoms with E-state index in [4.69, 9.17) is 26.8 Å². The first-order valence-corrected chi connectivity index (χ1v) is 10.3. The van der Waals surface area contributed by atoms with Gasteiger partial charge < -0.3 is 25.0 Å². The summed E-state index contributed by atoms with van der Waals surface area (Å²) in [7, 11) is 0. The van der Waals surface area contributed by atoms with E-state index in [2.05, 4.69) is 26.9 Å². The van der Waals surface area contributed by atoms with Gasteiger partial charge in [-0.1, -0.05) is 11.6 Å². The zero-order valence-corrected chi connectivity index (χ0v) is 16.7. The molecule has 1 aromatic rings. The van der Waals surface area contributed by atoms with E-state index in [9.17, 15) is 0 Å². The first-order valence-electron chi connectivity index (χ1n) is 9.93. The first kappa shape index (κ1) is 20.2. The Labute approximate surface area is 167 Å². The monoisotopic (exact) mass is 394 g/mol. The van der Waals surface area contributed by atoms with Gasteiger partial charge in [-0.25, -0.2) is 0 Å². The average Bonchev–Trinajstić information content (AvgIpc) is 2.72. The Kier molecular flexibility index (Phi) is 8.05. The maximum Gasteiger partial charge on any atom is 0.191 e. The predicted octanol–water partition coefficient (Wildman–Crippen LogP) is 2.61. The van der Waals surface area contributed by atoms with Crippen molar-refractivity contribution in [3.05, 3.63) is 29.3 Å². The highest BCUT2D eigenvalue weighted by molar-refractivity contribution is 6.30. The number of aliphatic imine (C=N–C) groups is 1. The molecule has 1 aromatic carbocycles. The van der Waals surface area contributed by atoms with Crippen LogP contribution in [0.4, 0.5) is 5.69 Å². The van der Waals surface area contributed by atoms with E-state index in [-0.39, 0.29) is 0 Å². The summed E-state index contributed by atoms with van der Waals surface area (Å²) in [6, 6.07) is 8.00. The molecule has 2 aliphatic rings. The summed E-state index contributed by atoms with van der Waals surface area (Å²) < 4.78 is 11.1. The van der Waals surface area contributed by atoms with Gasteiger partial charge in [0, 0.05) is 69.9 Å². The number of piperazine rings is 1. The Morgan fingerprint density at radius 1 is 1.15 bits per heavy atom. The van der Waals surface area contributed by atoms with Crippen LogP contribution in [0, 0.1) is 5.92 Å². The Morgan fingerprint density at radius 2 is 1.85 bits per heavy atom. The van der Waals surface area contributed by atoms with Crippen molar-refractivity contribution < 1.29 is 9.47 Å². The molecule has 0 saturated carbocycles. The summed E-state index contributed by atoms with van der Waals surface area (Å²) >= 11 is 5.96. The third kappa shape index (κ3) is 6.55. The number of rotatable bonds is 7. The van der Waals surface area contributed by atoms with Crippen LogP contribution in [-0.4, -0.2) is 70.0 Å². The number of nitrogens with zero attached hydrogens (tertiary/aromatic N) is 3. The molecule has 6 nitrogen and oxygen atoms in total. The predicted molar refractivity (Wildman–Crippen MR) is 111 cm³/mol. The van der Waals surface area contributed by atoms with Gasteiger partial charge in [0.05, 0.1) is 0 Å². The molecule has 0 spiro atoms. The molecule has 2 aliphatic heterocycles. The van der Waals surface area contributed by atoms with E-state index in [1.54, 1.807) is 0 Å². The maximum absolute atomic E-state index is 6.17. The Morgan fingerprint density at radius 3 is 2.56 bits per heavy atom. The normalized spacial score (nSPS) is 19.5. The molecule has 150 valence electrons. The van der Waals surface area contributed by atoms with E-state index in [1.807, 2.05) is 12.1 Å². The van der Waals surface area contributed by atoms with E-state index in [0.29, 0.717) is 11.9 Å². The van der Waals surface area contributed by atoms with Crippen molar-refractivity contribution in [3.63, 3.8) is 0 Å². The quantitative estimate of drug-likeness (QED) is 0.437. The van der Waals surface area contributed by atoms with Crippen molar-refractivity contribution in [2.45, 2.75) is 19.3 Å². The van der Waals surface area contributed by atoms with E-state index < -0.39 is 0 Å². The van der Waals surface area contributed by atoms with Crippen LogP contribution in [0.5, 0.6) is 0 Å². The Balaban J connectivity index is 1.30. The van der Waals surface area contributed by atoms with Crippen molar-refractivity contribution in [2.75, 3.05) is 64.1 Å². The van der Waals surface area contributed by atoms with Crippen molar-refractivity contribution >= 4 is 23.2 Å². The molecule has 0 radical (unpaired) electrons. The van der Waals surface area contributed by atoms with Crippen LogP contribution in [0.15, 0.2) is 29.3 Å². The van der Waals surface area contributed by atoms with Gasteiger partial charge in [-0.15, -0.1) is 0 Å². The number of hydrogen-bond donors (Lipinski definition) is 1. The summed E-state index contributed by atoms with van der Waals surface area (Å²) in [6.45, 7) is 7.71. The van der Waals surface area contributed by atoms with Crippen molar-refractivity contribution in [2.24, 2.45) is 16.6 Å². The largest absolute Gasteiger partial charge is 0.381 e. The van der Waals surface area contributed by atoms with Crippen LogP contribution in [-0.2, 0) is 9.47 Å². The molecule has 2 saturated heterocycles. The maximum atomic E-state index is 6.17. The second-order valence-corrected chi connectivity index (χ2v) is 7.61. The summed E-state index contributed by atoms with van der Waals surface area (Å²) in [6.07, 6.45) is 3.15. The molecule has 2 N–H and O–H groups in total. The molecule has 0 aromatic heterocycles. The van der Waals surface area contributed by atoms with Gasteiger partial charge in [0.2, 0.25) is 0 Å². The molecule has 0 bridgehead atoms. The third-order valence-corrected chi connectivity index (χ3v) is 5.46. The zero-order chi connectivity index (χ0) is 18.9. The number of nitrogens with two attached hydrogens (primary N) is 1. The van der Waals surface area contributed by atoms with Gasteiger partial charge in [-0.3, -0.25) is 4.99 Å². The zero-order valence-electron chi connectivity index (χ0n) is 16.0. The minimum atomic E-state index is 0.648. The van der Waals surface area contributed by atoms with Gasteiger partial charge in [-0.05, 0) is 49.4 Å². The third-order valence-electron chi connectivity index (χ3n) is 5.21. The summed E-state index contributed by atoms with van der Waals surface area (Å²) in [5.74, 6) is 1.31. The number of ether oxygens (including phenoxy) is 2. The van der Waals surface area contributed by atoms with Gasteiger partial charge in [-0.2, -0.15) is 0 Å². The highest BCUT2D eigenvalue weighted by Crippen LogP contribution is 2.19. The van der Waals surface area contributed by atoms with Gasteiger partial charge in [0.15, 0.2) is 5.96 Å². The molecule has 0 unspecified atom stereocenters. The second kappa shape index (κ2) is 10.7. The summed E-state index contributed by atoms with van der Waals surface area (Å²) in [5.41, 5.74) is 7.37. The van der Waals surface area contributed by atoms with Gasteiger partial charge >= 0.3 is 0 Å². The highest BCUT2D eigenvalue weighted by Gasteiger charge is 2.18. The van der Waals surface area contributed by atoms with Crippen LogP contribution in [0.3, 0.4) is 0 Å². The first-order chi connectivity index (χ1) is 13.2. The molecule has 27 heavy (non-hydrogen) atoms. The Hall–Kier alpha value is -1.50. The molecule has 0 atom stereocenters. The van der Waals surface area contributed by atoms with E-state index in [0.717, 1.165) is 83.4 Å². The Bertz CT molecular complexity index is 582. The van der Waals surface area contributed by atoms with Gasteiger partial charge in [0.1, 0.15) is 0 Å². The lowest BCUT2D eigenvalue weighted by atomic mass is 10.0. The molecular formula is C20H31ClN4O2. The van der Waals surface area contributed by atoms with Crippen LogP contribution >= 0.6 is 11.6 Å². The number of anilines is 1. The molecular weight excluding hydrogens is 364 g/mol. The molecule has 7 heteroatoms. The molecule has 0 aliphatic carbocycles. The lowest BCUT2D eigenvalue weighted by molar-refractivity contribution is 0.0205. The lowest BCUT2D eigenvalue weighted by Gasteiger charge is -2.36. The molecule has 0 amide bonds.